The molecule has 0 saturated heterocycles. The minimum Gasteiger partial charge on any atom is -0.310 e. The highest BCUT2D eigenvalue weighted by Crippen LogP contribution is 2.52. The maximum Gasteiger partial charge on any atom is 0.0467 e. The molecule has 9 aromatic carbocycles. The van der Waals surface area contributed by atoms with Gasteiger partial charge in [0.2, 0.25) is 0 Å². The van der Waals surface area contributed by atoms with Crippen LogP contribution in [0.2, 0.25) is 0 Å². The van der Waals surface area contributed by atoms with Gasteiger partial charge >= 0.3 is 0 Å². The molecule has 11 rings (SSSR count). The molecule has 9 aromatic rings. The Kier molecular flexibility index (Phi) is 6.14. The third-order valence-corrected chi connectivity index (χ3v) is 12.6. The fraction of sp³-hybridized carbons (Fsp3) is 0.115. The zero-order valence-electron chi connectivity index (χ0n) is 30.5. The summed E-state index contributed by atoms with van der Waals surface area (Å²) in [6.07, 6.45) is 0. The van der Waals surface area contributed by atoms with E-state index in [-0.39, 0.29) is 10.8 Å². The zero-order valence-corrected chi connectivity index (χ0v) is 30.5. The van der Waals surface area contributed by atoms with Gasteiger partial charge in [0.15, 0.2) is 0 Å². The van der Waals surface area contributed by atoms with Gasteiger partial charge in [0, 0.05) is 27.9 Å². The van der Waals surface area contributed by atoms with Gasteiger partial charge in [-0.3, -0.25) is 0 Å². The van der Waals surface area contributed by atoms with Gasteiger partial charge in [-0.2, -0.15) is 0 Å². The second kappa shape index (κ2) is 10.7. The molecule has 0 heterocycles. The van der Waals surface area contributed by atoms with E-state index in [2.05, 4.69) is 196 Å². The van der Waals surface area contributed by atoms with Crippen molar-refractivity contribution in [3.63, 3.8) is 0 Å². The maximum atomic E-state index is 2.41. The van der Waals surface area contributed by atoms with E-state index in [1.165, 1.54) is 87.6 Å². The summed E-state index contributed by atoms with van der Waals surface area (Å²) in [5.74, 6) is 0. The number of benzene rings is 9. The number of hydrogen-bond acceptors (Lipinski definition) is 1. The van der Waals surface area contributed by atoms with E-state index in [4.69, 9.17) is 0 Å². The first-order chi connectivity index (χ1) is 25.8. The van der Waals surface area contributed by atoms with Crippen LogP contribution in [-0.4, -0.2) is 0 Å². The molecule has 0 saturated carbocycles. The molecule has 0 N–H and O–H groups in total. The Morgan fingerprint density at radius 1 is 0.340 bits per heavy atom. The molecule has 0 atom stereocenters. The van der Waals surface area contributed by atoms with Crippen LogP contribution in [0, 0.1) is 0 Å². The van der Waals surface area contributed by atoms with Gasteiger partial charge in [0.25, 0.3) is 0 Å². The van der Waals surface area contributed by atoms with Gasteiger partial charge in [0.1, 0.15) is 0 Å². The summed E-state index contributed by atoms with van der Waals surface area (Å²) in [6.45, 7) is 9.47. The quantitative estimate of drug-likeness (QED) is 0.164. The summed E-state index contributed by atoms with van der Waals surface area (Å²) in [4.78, 5) is 2.41. The summed E-state index contributed by atoms with van der Waals surface area (Å²) in [5, 5.41) is 10.9. The molecular formula is C52H39N. The van der Waals surface area contributed by atoms with Gasteiger partial charge in [-0.15, -0.1) is 0 Å². The van der Waals surface area contributed by atoms with Gasteiger partial charge in [-0.05, 0) is 124 Å². The molecular weight excluding hydrogens is 639 g/mol. The van der Waals surface area contributed by atoms with Gasteiger partial charge in [-0.1, -0.05) is 155 Å². The largest absolute Gasteiger partial charge is 0.310 e. The Labute approximate surface area is 310 Å². The Morgan fingerprint density at radius 3 is 1.26 bits per heavy atom. The molecule has 0 spiro atoms. The van der Waals surface area contributed by atoms with Crippen molar-refractivity contribution >= 4 is 60.2 Å². The lowest BCUT2D eigenvalue weighted by Gasteiger charge is -2.27. The van der Waals surface area contributed by atoms with E-state index >= 15 is 0 Å². The summed E-state index contributed by atoms with van der Waals surface area (Å²) in [5.41, 5.74) is 14.0. The maximum absolute atomic E-state index is 2.41. The van der Waals surface area contributed by atoms with Gasteiger partial charge < -0.3 is 4.90 Å². The number of nitrogens with zero attached hydrogens (tertiary/aromatic N) is 1. The first kappa shape index (κ1) is 30.4. The van der Waals surface area contributed by atoms with Crippen molar-refractivity contribution < 1.29 is 0 Å². The van der Waals surface area contributed by atoms with Crippen molar-refractivity contribution in [1.82, 2.24) is 0 Å². The van der Waals surface area contributed by atoms with E-state index in [1.54, 1.807) is 0 Å². The third kappa shape index (κ3) is 4.14. The SMILES string of the molecule is CC1(C)c2cccc3ccc4c(-c5cccc(N(c6ccccc6)c6cccc(-c7ccc8c9c7ccc7cccc(c79)C8(C)C)c6)c5)ccc1c4c23. The van der Waals surface area contributed by atoms with Crippen LogP contribution >= 0.6 is 0 Å². The van der Waals surface area contributed by atoms with Crippen molar-refractivity contribution in [1.29, 1.82) is 0 Å². The van der Waals surface area contributed by atoms with Crippen molar-refractivity contribution in [2.24, 2.45) is 0 Å². The van der Waals surface area contributed by atoms with Gasteiger partial charge in [0.05, 0.1) is 0 Å². The van der Waals surface area contributed by atoms with Crippen LogP contribution in [0.4, 0.5) is 17.1 Å². The number of anilines is 3. The van der Waals surface area contributed by atoms with Crippen molar-refractivity contribution in [2.75, 3.05) is 4.90 Å². The molecule has 0 fully saturated rings. The topological polar surface area (TPSA) is 3.24 Å². The number of para-hydroxylation sites is 1. The van der Waals surface area contributed by atoms with Crippen molar-refractivity contribution in [3.8, 4) is 22.3 Å². The summed E-state index contributed by atoms with van der Waals surface area (Å²) in [7, 11) is 0. The number of hydrogen-bond donors (Lipinski definition) is 0. The molecule has 0 aliphatic heterocycles. The van der Waals surface area contributed by atoms with Crippen LogP contribution in [0.25, 0.3) is 65.3 Å². The highest BCUT2D eigenvalue weighted by molar-refractivity contribution is 6.19. The fourth-order valence-corrected chi connectivity index (χ4v) is 9.97. The van der Waals surface area contributed by atoms with Crippen LogP contribution in [0.1, 0.15) is 49.9 Å². The van der Waals surface area contributed by atoms with Crippen LogP contribution in [0.5, 0.6) is 0 Å². The predicted molar refractivity (Wildman–Crippen MR) is 226 cm³/mol. The first-order valence-electron chi connectivity index (χ1n) is 18.9. The third-order valence-electron chi connectivity index (χ3n) is 12.6. The van der Waals surface area contributed by atoms with E-state index in [1.807, 2.05) is 0 Å². The zero-order chi connectivity index (χ0) is 35.6. The predicted octanol–water partition coefficient (Wildman–Crippen LogP) is 14.4. The Hall–Kier alpha value is -6.18. The second-order valence-electron chi connectivity index (χ2n) is 16.1. The summed E-state index contributed by atoms with van der Waals surface area (Å²) >= 11 is 0. The minimum absolute atomic E-state index is 0.0219. The normalized spacial score (nSPS) is 14.7. The van der Waals surface area contributed by atoms with Crippen LogP contribution in [0.15, 0.2) is 164 Å². The molecule has 53 heavy (non-hydrogen) atoms. The Morgan fingerprint density at radius 2 is 0.774 bits per heavy atom. The van der Waals surface area contributed by atoms with E-state index in [9.17, 15) is 0 Å². The lowest BCUT2D eigenvalue weighted by molar-refractivity contribution is 0.662. The highest BCUT2D eigenvalue weighted by Gasteiger charge is 2.35. The number of rotatable bonds is 5. The molecule has 0 bridgehead atoms. The van der Waals surface area contributed by atoms with Crippen LogP contribution in [-0.2, 0) is 10.8 Å². The van der Waals surface area contributed by atoms with E-state index < -0.39 is 0 Å². The van der Waals surface area contributed by atoms with Crippen LogP contribution < -0.4 is 4.90 Å². The van der Waals surface area contributed by atoms with Crippen molar-refractivity contribution in [3.05, 3.63) is 186 Å². The summed E-state index contributed by atoms with van der Waals surface area (Å²) in [6, 6.07) is 61.3. The van der Waals surface area contributed by atoms with E-state index in [0.29, 0.717) is 0 Å². The standard InChI is InChI=1S/C52H39N/c1-51(2)43-20-10-12-32-22-24-41-39(26-28-45(51)49(41)47(32)43)34-14-8-18-37(30-34)53(36-16-6-5-7-17-36)38-19-9-15-35(31-38)40-27-29-46-50-42(40)25-23-33-13-11-21-44(48(33)50)52(46,3)4/h5-31H,1-4H3. The molecule has 0 radical (unpaired) electrons. The summed E-state index contributed by atoms with van der Waals surface area (Å²) < 4.78 is 0. The first-order valence-corrected chi connectivity index (χ1v) is 18.9. The molecule has 0 unspecified atom stereocenters. The molecule has 0 amide bonds. The monoisotopic (exact) mass is 677 g/mol. The molecule has 2 aliphatic rings. The molecule has 252 valence electrons. The average molecular weight is 678 g/mol. The second-order valence-corrected chi connectivity index (χ2v) is 16.1. The smallest absolute Gasteiger partial charge is 0.0467 e. The highest BCUT2D eigenvalue weighted by atomic mass is 15.1. The minimum atomic E-state index is -0.0219. The van der Waals surface area contributed by atoms with Gasteiger partial charge in [-0.25, -0.2) is 0 Å². The fourth-order valence-electron chi connectivity index (χ4n) is 9.97. The lowest BCUT2D eigenvalue weighted by Crippen LogP contribution is -2.15. The molecule has 1 heteroatoms. The Balaban J connectivity index is 1.08. The Bertz CT molecular complexity index is 2810. The molecule has 0 aromatic heterocycles. The van der Waals surface area contributed by atoms with E-state index in [0.717, 1.165) is 17.1 Å². The molecule has 2 aliphatic carbocycles. The van der Waals surface area contributed by atoms with Crippen LogP contribution in [0.3, 0.4) is 0 Å². The average Bonchev–Trinajstić information content (AvgIpc) is 3.58. The van der Waals surface area contributed by atoms with Crippen molar-refractivity contribution in [2.45, 2.75) is 38.5 Å². The lowest BCUT2D eigenvalue weighted by atomic mass is 9.81. The molecule has 1 nitrogen and oxygen atoms in total.